The van der Waals surface area contributed by atoms with Gasteiger partial charge < -0.3 is 10.1 Å². The van der Waals surface area contributed by atoms with Crippen LogP contribution in [0.4, 0.5) is 4.39 Å². The van der Waals surface area contributed by atoms with Crippen LogP contribution in [-0.4, -0.2) is 18.1 Å². The van der Waals surface area contributed by atoms with Gasteiger partial charge in [-0.05, 0) is 47.0 Å². The smallest absolute Gasteiger partial charge is 0.259 e. The Morgan fingerprint density at radius 1 is 1.60 bits per heavy atom. The highest BCUT2D eigenvalue weighted by molar-refractivity contribution is 9.10. The second-order valence-corrected chi connectivity index (χ2v) is 5.73. The van der Waals surface area contributed by atoms with E-state index in [0.29, 0.717) is 10.2 Å². The number of hydrogen-bond acceptors (Lipinski definition) is 3. The van der Waals surface area contributed by atoms with Gasteiger partial charge in [-0.15, -0.1) is 0 Å². The van der Waals surface area contributed by atoms with E-state index in [1.807, 2.05) is 13.8 Å². The molecule has 1 amide bonds. The number of halogens is 2. The largest absolute Gasteiger partial charge is 0.483 e. The highest BCUT2D eigenvalue weighted by Gasteiger charge is 2.30. The van der Waals surface area contributed by atoms with Gasteiger partial charge in [-0.3, -0.25) is 4.79 Å². The molecule has 0 aliphatic rings. The van der Waals surface area contributed by atoms with Gasteiger partial charge in [0.1, 0.15) is 17.1 Å². The zero-order valence-electron chi connectivity index (χ0n) is 11.5. The molecule has 0 saturated carbocycles. The summed E-state index contributed by atoms with van der Waals surface area (Å²) in [5, 5.41) is 11.7. The van der Waals surface area contributed by atoms with Crippen molar-refractivity contribution in [1.82, 2.24) is 5.32 Å². The maximum Gasteiger partial charge on any atom is 0.259 e. The van der Waals surface area contributed by atoms with Crippen LogP contribution in [0.1, 0.15) is 20.8 Å². The number of nitriles is 1. The summed E-state index contributed by atoms with van der Waals surface area (Å²) in [6.45, 7) is 5.11. The van der Waals surface area contributed by atoms with Crippen molar-refractivity contribution in [3.63, 3.8) is 0 Å². The Morgan fingerprint density at radius 2 is 2.25 bits per heavy atom. The molecule has 0 heterocycles. The van der Waals surface area contributed by atoms with Gasteiger partial charge in [-0.2, -0.15) is 5.26 Å². The van der Waals surface area contributed by atoms with Crippen LogP contribution < -0.4 is 10.1 Å². The van der Waals surface area contributed by atoms with Crippen molar-refractivity contribution in [3.05, 3.63) is 28.5 Å². The van der Waals surface area contributed by atoms with E-state index in [-0.39, 0.29) is 12.5 Å². The first-order valence-corrected chi connectivity index (χ1v) is 6.88. The minimum Gasteiger partial charge on any atom is -0.483 e. The molecule has 1 atom stereocenters. The topological polar surface area (TPSA) is 62.1 Å². The molecule has 0 bridgehead atoms. The van der Waals surface area contributed by atoms with Gasteiger partial charge in [0.15, 0.2) is 6.61 Å². The number of benzene rings is 1. The summed E-state index contributed by atoms with van der Waals surface area (Å²) < 4.78 is 18.6. The summed E-state index contributed by atoms with van der Waals surface area (Å²) in [6.07, 6.45) is 0. The predicted molar refractivity (Wildman–Crippen MR) is 76.6 cm³/mol. The lowest BCUT2D eigenvalue weighted by molar-refractivity contribution is -0.124. The van der Waals surface area contributed by atoms with Crippen LogP contribution in [-0.2, 0) is 4.79 Å². The zero-order chi connectivity index (χ0) is 15.3. The SMILES string of the molecule is CC(C)[C@@](C)(C#N)NC(=O)COc1ccc(F)cc1Br. The van der Waals surface area contributed by atoms with Crippen LogP contribution in [0.5, 0.6) is 5.75 Å². The van der Waals surface area contributed by atoms with E-state index >= 15 is 0 Å². The van der Waals surface area contributed by atoms with Crippen LogP contribution in [0, 0.1) is 23.1 Å². The Bertz CT molecular complexity index is 542. The van der Waals surface area contributed by atoms with E-state index in [4.69, 9.17) is 10.00 Å². The van der Waals surface area contributed by atoms with Gasteiger partial charge in [0.05, 0.1) is 10.5 Å². The molecular weight excluding hydrogens is 327 g/mol. The van der Waals surface area contributed by atoms with Crippen molar-refractivity contribution in [2.45, 2.75) is 26.3 Å². The molecule has 20 heavy (non-hydrogen) atoms. The summed E-state index contributed by atoms with van der Waals surface area (Å²) in [4.78, 5) is 11.8. The van der Waals surface area contributed by atoms with Crippen LogP contribution in [0.25, 0.3) is 0 Å². The minimum atomic E-state index is -0.944. The Hall–Kier alpha value is -1.61. The van der Waals surface area contributed by atoms with Crippen molar-refractivity contribution in [1.29, 1.82) is 5.26 Å². The summed E-state index contributed by atoms with van der Waals surface area (Å²) in [5.41, 5.74) is -0.944. The van der Waals surface area contributed by atoms with E-state index in [0.717, 1.165) is 0 Å². The molecular formula is C14H16BrFN2O2. The fraction of sp³-hybridized carbons (Fsp3) is 0.429. The highest BCUT2D eigenvalue weighted by atomic mass is 79.9. The van der Waals surface area contributed by atoms with Gasteiger partial charge in [0.2, 0.25) is 0 Å². The molecule has 1 rings (SSSR count). The molecule has 0 aliphatic heterocycles. The molecule has 0 radical (unpaired) electrons. The quantitative estimate of drug-likeness (QED) is 0.894. The molecule has 108 valence electrons. The number of amides is 1. The second-order valence-electron chi connectivity index (χ2n) is 4.88. The predicted octanol–water partition coefficient (Wildman–Crippen LogP) is 3.02. The molecule has 0 unspecified atom stereocenters. The Balaban J connectivity index is 2.62. The highest BCUT2D eigenvalue weighted by Crippen LogP contribution is 2.25. The zero-order valence-corrected chi connectivity index (χ0v) is 13.1. The van der Waals surface area contributed by atoms with Crippen LogP contribution in [0.3, 0.4) is 0 Å². The first kappa shape index (κ1) is 16.4. The van der Waals surface area contributed by atoms with E-state index < -0.39 is 17.3 Å². The van der Waals surface area contributed by atoms with Crippen molar-refractivity contribution in [2.75, 3.05) is 6.61 Å². The standard InChI is InChI=1S/C14H16BrFN2O2/c1-9(2)14(3,8-17)18-13(19)7-20-12-5-4-10(16)6-11(12)15/h4-6,9H,7H2,1-3H3,(H,18,19)/t14-/m1/s1. The third-order valence-electron chi connectivity index (χ3n) is 3.04. The number of nitrogens with zero attached hydrogens (tertiary/aromatic N) is 1. The first-order valence-electron chi connectivity index (χ1n) is 6.08. The summed E-state index contributed by atoms with van der Waals surface area (Å²) in [5.74, 6) is -0.469. The molecule has 0 spiro atoms. The van der Waals surface area contributed by atoms with E-state index in [1.165, 1.54) is 18.2 Å². The van der Waals surface area contributed by atoms with Crippen molar-refractivity contribution in [2.24, 2.45) is 5.92 Å². The molecule has 0 aliphatic carbocycles. The number of ether oxygens (including phenoxy) is 1. The number of carbonyl (C=O) groups is 1. The van der Waals surface area contributed by atoms with E-state index in [1.54, 1.807) is 6.92 Å². The van der Waals surface area contributed by atoms with Crippen LogP contribution in [0.2, 0.25) is 0 Å². The number of rotatable bonds is 5. The molecule has 4 nitrogen and oxygen atoms in total. The molecule has 0 fully saturated rings. The van der Waals surface area contributed by atoms with Crippen molar-refractivity contribution < 1.29 is 13.9 Å². The lowest BCUT2D eigenvalue weighted by Gasteiger charge is -2.27. The van der Waals surface area contributed by atoms with Crippen LogP contribution in [0.15, 0.2) is 22.7 Å². The molecule has 0 aromatic heterocycles. The lowest BCUT2D eigenvalue weighted by Crippen LogP contribution is -2.50. The maximum atomic E-state index is 12.9. The lowest BCUT2D eigenvalue weighted by atomic mass is 9.90. The molecule has 1 aromatic rings. The molecule has 1 aromatic carbocycles. The first-order chi connectivity index (χ1) is 9.28. The van der Waals surface area contributed by atoms with Gasteiger partial charge in [0, 0.05) is 0 Å². The normalized spacial score (nSPS) is 13.4. The summed E-state index contributed by atoms with van der Waals surface area (Å²) >= 11 is 3.15. The number of hydrogen-bond donors (Lipinski definition) is 1. The van der Waals surface area contributed by atoms with Crippen molar-refractivity contribution in [3.8, 4) is 11.8 Å². The number of nitrogens with one attached hydrogen (secondary N) is 1. The monoisotopic (exact) mass is 342 g/mol. The fourth-order valence-corrected chi connectivity index (χ4v) is 1.83. The Morgan fingerprint density at radius 3 is 2.75 bits per heavy atom. The van der Waals surface area contributed by atoms with E-state index in [2.05, 4.69) is 27.3 Å². The van der Waals surface area contributed by atoms with E-state index in [9.17, 15) is 9.18 Å². The Labute approximate surface area is 126 Å². The van der Waals surface area contributed by atoms with Gasteiger partial charge in [0.25, 0.3) is 5.91 Å². The average Bonchev–Trinajstić information content (AvgIpc) is 2.37. The minimum absolute atomic E-state index is 0.0333. The summed E-state index contributed by atoms with van der Waals surface area (Å²) in [6, 6.07) is 6.00. The third kappa shape index (κ3) is 4.20. The molecule has 0 saturated heterocycles. The van der Waals surface area contributed by atoms with Gasteiger partial charge in [-0.1, -0.05) is 13.8 Å². The van der Waals surface area contributed by atoms with Crippen molar-refractivity contribution >= 4 is 21.8 Å². The second kappa shape index (κ2) is 6.71. The van der Waals surface area contributed by atoms with Gasteiger partial charge >= 0.3 is 0 Å². The average molecular weight is 343 g/mol. The third-order valence-corrected chi connectivity index (χ3v) is 3.66. The fourth-order valence-electron chi connectivity index (χ4n) is 1.36. The number of carbonyl (C=O) groups excluding carboxylic acids is 1. The molecule has 6 heteroatoms. The maximum absolute atomic E-state index is 12.9. The summed E-state index contributed by atoms with van der Waals surface area (Å²) in [7, 11) is 0. The van der Waals surface area contributed by atoms with Gasteiger partial charge in [-0.25, -0.2) is 4.39 Å². The van der Waals surface area contributed by atoms with Crippen LogP contribution >= 0.6 is 15.9 Å². The molecule has 1 N–H and O–H groups in total. The Kier molecular flexibility index (Phi) is 5.52.